The molecule has 0 aliphatic rings. The van der Waals surface area contributed by atoms with Gasteiger partial charge in [0, 0.05) is 19.7 Å². The van der Waals surface area contributed by atoms with Crippen molar-refractivity contribution in [3.63, 3.8) is 0 Å². The van der Waals surface area contributed by atoms with Crippen LogP contribution in [0.5, 0.6) is 0 Å². The fourth-order valence-corrected chi connectivity index (χ4v) is 1.93. The molecule has 16 heavy (non-hydrogen) atoms. The SMILES string of the molecule is CCCCCN(C)c1cc(Br)c(F)cc1N. The molecule has 0 aliphatic carbocycles. The smallest absolute Gasteiger partial charge is 0.139 e. The zero-order chi connectivity index (χ0) is 12.1. The van der Waals surface area contributed by atoms with Crippen LogP contribution in [0.2, 0.25) is 0 Å². The Bertz CT molecular complexity index is 355. The Morgan fingerprint density at radius 1 is 1.38 bits per heavy atom. The maximum Gasteiger partial charge on any atom is 0.139 e. The topological polar surface area (TPSA) is 29.3 Å². The van der Waals surface area contributed by atoms with E-state index in [1.807, 2.05) is 7.05 Å². The fourth-order valence-electron chi connectivity index (χ4n) is 1.60. The van der Waals surface area contributed by atoms with Gasteiger partial charge in [0.1, 0.15) is 5.82 Å². The summed E-state index contributed by atoms with van der Waals surface area (Å²) in [5.74, 6) is -0.316. The average molecular weight is 289 g/mol. The maximum absolute atomic E-state index is 13.2. The minimum absolute atomic E-state index is 0.316. The van der Waals surface area contributed by atoms with Crippen LogP contribution in [0.1, 0.15) is 26.2 Å². The molecule has 0 saturated heterocycles. The van der Waals surface area contributed by atoms with Crippen LogP contribution in [-0.2, 0) is 0 Å². The van der Waals surface area contributed by atoms with E-state index in [9.17, 15) is 4.39 Å². The molecule has 0 saturated carbocycles. The number of halogens is 2. The highest BCUT2D eigenvalue weighted by atomic mass is 79.9. The minimum atomic E-state index is -0.316. The van der Waals surface area contributed by atoms with Crippen molar-refractivity contribution in [2.24, 2.45) is 0 Å². The number of nitrogens with zero attached hydrogens (tertiary/aromatic N) is 1. The molecule has 1 aromatic rings. The second kappa shape index (κ2) is 6.09. The predicted molar refractivity (Wildman–Crippen MR) is 71.3 cm³/mol. The van der Waals surface area contributed by atoms with Crippen LogP contribution >= 0.6 is 15.9 Å². The Morgan fingerprint density at radius 2 is 2.06 bits per heavy atom. The summed E-state index contributed by atoms with van der Waals surface area (Å²) in [4.78, 5) is 2.06. The number of benzene rings is 1. The molecule has 0 fully saturated rings. The molecule has 0 heterocycles. The van der Waals surface area contributed by atoms with Crippen LogP contribution in [-0.4, -0.2) is 13.6 Å². The molecule has 2 N–H and O–H groups in total. The van der Waals surface area contributed by atoms with E-state index >= 15 is 0 Å². The highest BCUT2D eigenvalue weighted by Gasteiger charge is 2.09. The minimum Gasteiger partial charge on any atom is -0.397 e. The van der Waals surface area contributed by atoms with Gasteiger partial charge in [0.05, 0.1) is 15.8 Å². The number of nitrogens with two attached hydrogens (primary N) is 1. The Kier molecular flexibility index (Phi) is 5.06. The Balaban J connectivity index is 2.75. The summed E-state index contributed by atoms with van der Waals surface area (Å²) in [5, 5.41) is 0. The molecule has 0 bridgehead atoms. The zero-order valence-electron chi connectivity index (χ0n) is 9.76. The third-order valence-corrected chi connectivity index (χ3v) is 3.19. The van der Waals surface area contributed by atoms with Crippen molar-refractivity contribution in [3.05, 3.63) is 22.4 Å². The Labute approximate surface area is 105 Å². The molecular formula is C12H18BrFN2. The maximum atomic E-state index is 13.2. The number of anilines is 2. The van der Waals surface area contributed by atoms with Gasteiger partial charge >= 0.3 is 0 Å². The quantitative estimate of drug-likeness (QED) is 0.660. The number of nitrogen functional groups attached to an aromatic ring is 1. The van der Waals surface area contributed by atoms with E-state index in [0.717, 1.165) is 18.7 Å². The van der Waals surface area contributed by atoms with Gasteiger partial charge in [-0.05, 0) is 28.4 Å². The molecule has 0 aromatic heterocycles. The fraction of sp³-hybridized carbons (Fsp3) is 0.500. The van der Waals surface area contributed by atoms with Crippen molar-refractivity contribution in [1.82, 2.24) is 0 Å². The largest absolute Gasteiger partial charge is 0.397 e. The molecule has 0 amide bonds. The van der Waals surface area contributed by atoms with Crippen LogP contribution in [0.25, 0.3) is 0 Å². The second-order valence-electron chi connectivity index (χ2n) is 3.95. The van der Waals surface area contributed by atoms with Gasteiger partial charge in [0.25, 0.3) is 0 Å². The van der Waals surface area contributed by atoms with Gasteiger partial charge in [0.2, 0.25) is 0 Å². The Morgan fingerprint density at radius 3 is 2.69 bits per heavy atom. The van der Waals surface area contributed by atoms with Gasteiger partial charge in [-0.2, -0.15) is 0 Å². The third kappa shape index (κ3) is 3.37. The monoisotopic (exact) mass is 288 g/mol. The molecule has 0 unspecified atom stereocenters. The van der Waals surface area contributed by atoms with Crippen molar-refractivity contribution in [1.29, 1.82) is 0 Å². The van der Waals surface area contributed by atoms with Crippen LogP contribution in [0.3, 0.4) is 0 Å². The first-order valence-corrected chi connectivity index (χ1v) is 6.31. The van der Waals surface area contributed by atoms with Crippen molar-refractivity contribution in [3.8, 4) is 0 Å². The molecular weight excluding hydrogens is 271 g/mol. The van der Waals surface area contributed by atoms with Gasteiger partial charge in [-0.25, -0.2) is 4.39 Å². The van der Waals surface area contributed by atoms with E-state index in [2.05, 4.69) is 27.8 Å². The second-order valence-corrected chi connectivity index (χ2v) is 4.81. The van der Waals surface area contributed by atoms with Crippen molar-refractivity contribution >= 4 is 27.3 Å². The van der Waals surface area contributed by atoms with Crippen LogP contribution in [0.15, 0.2) is 16.6 Å². The standard InChI is InChI=1S/C12H18BrFN2/c1-3-4-5-6-16(2)12-7-9(13)10(14)8-11(12)15/h7-8H,3-6,15H2,1-2H3. The summed E-state index contributed by atoms with van der Waals surface area (Å²) in [6.45, 7) is 3.11. The molecule has 90 valence electrons. The van der Waals surface area contributed by atoms with Gasteiger partial charge in [0.15, 0.2) is 0 Å². The van der Waals surface area contributed by atoms with Gasteiger partial charge < -0.3 is 10.6 Å². The number of hydrogen-bond donors (Lipinski definition) is 1. The lowest BCUT2D eigenvalue weighted by Gasteiger charge is -2.21. The van der Waals surface area contributed by atoms with E-state index in [1.165, 1.54) is 18.9 Å². The van der Waals surface area contributed by atoms with E-state index < -0.39 is 0 Å². The lowest BCUT2D eigenvalue weighted by molar-refractivity contribution is 0.621. The summed E-state index contributed by atoms with van der Waals surface area (Å²) in [6.07, 6.45) is 3.52. The average Bonchev–Trinajstić information content (AvgIpc) is 2.23. The van der Waals surface area contributed by atoms with Crippen LogP contribution in [0.4, 0.5) is 15.8 Å². The van der Waals surface area contributed by atoms with E-state index in [0.29, 0.717) is 10.2 Å². The summed E-state index contributed by atoms with van der Waals surface area (Å²) in [6, 6.07) is 3.09. The van der Waals surface area contributed by atoms with Gasteiger partial charge in [-0.3, -0.25) is 0 Å². The molecule has 4 heteroatoms. The summed E-state index contributed by atoms with van der Waals surface area (Å²) in [7, 11) is 1.98. The third-order valence-electron chi connectivity index (χ3n) is 2.58. The molecule has 1 aromatic carbocycles. The molecule has 0 aliphatic heterocycles. The molecule has 0 atom stereocenters. The molecule has 1 rings (SSSR count). The predicted octanol–water partition coefficient (Wildman–Crippen LogP) is 3.80. The van der Waals surface area contributed by atoms with Gasteiger partial charge in [-0.1, -0.05) is 19.8 Å². The highest BCUT2D eigenvalue weighted by molar-refractivity contribution is 9.10. The first-order chi connectivity index (χ1) is 7.56. The molecule has 2 nitrogen and oxygen atoms in total. The van der Waals surface area contributed by atoms with Crippen molar-refractivity contribution in [2.45, 2.75) is 26.2 Å². The van der Waals surface area contributed by atoms with E-state index in [4.69, 9.17) is 5.73 Å². The number of hydrogen-bond acceptors (Lipinski definition) is 2. The summed E-state index contributed by atoms with van der Waals surface area (Å²) >= 11 is 3.17. The van der Waals surface area contributed by atoms with Crippen LogP contribution < -0.4 is 10.6 Å². The molecule has 0 spiro atoms. The lowest BCUT2D eigenvalue weighted by Crippen LogP contribution is -2.19. The summed E-state index contributed by atoms with van der Waals surface area (Å²) < 4.78 is 13.6. The number of rotatable bonds is 5. The Hall–Kier alpha value is -0.770. The van der Waals surface area contributed by atoms with E-state index in [1.54, 1.807) is 6.07 Å². The summed E-state index contributed by atoms with van der Waals surface area (Å²) in [5.41, 5.74) is 7.16. The zero-order valence-corrected chi connectivity index (χ0v) is 11.3. The van der Waals surface area contributed by atoms with Crippen molar-refractivity contribution in [2.75, 3.05) is 24.2 Å². The van der Waals surface area contributed by atoms with Gasteiger partial charge in [-0.15, -0.1) is 0 Å². The molecule has 0 radical (unpaired) electrons. The lowest BCUT2D eigenvalue weighted by atomic mass is 10.2. The normalized spacial score (nSPS) is 10.5. The first-order valence-electron chi connectivity index (χ1n) is 5.52. The number of unbranched alkanes of at least 4 members (excludes halogenated alkanes) is 2. The highest BCUT2D eigenvalue weighted by Crippen LogP contribution is 2.29. The first kappa shape index (κ1) is 13.3. The van der Waals surface area contributed by atoms with E-state index in [-0.39, 0.29) is 5.82 Å². The van der Waals surface area contributed by atoms with Crippen molar-refractivity contribution < 1.29 is 4.39 Å². The van der Waals surface area contributed by atoms with Crippen LogP contribution in [0, 0.1) is 5.82 Å².